The van der Waals surface area contributed by atoms with Crippen molar-refractivity contribution in [3.63, 3.8) is 0 Å². The smallest absolute Gasteiger partial charge is 0.119 e. The van der Waals surface area contributed by atoms with Crippen LogP contribution in [-0.2, 0) is 6.54 Å². The van der Waals surface area contributed by atoms with Crippen molar-refractivity contribution in [2.45, 2.75) is 45.6 Å². The third kappa shape index (κ3) is 4.34. The van der Waals surface area contributed by atoms with Gasteiger partial charge in [-0.05, 0) is 50.0 Å². The molecule has 0 amide bonds. The molecule has 0 saturated carbocycles. The van der Waals surface area contributed by atoms with Gasteiger partial charge >= 0.3 is 0 Å². The minimum absolute atomic E-state index is 0.837. The topological polar surface area (TPSA) is 12.5 Å². The summed E-state index contributed by atoms with van der Waals surface area (Å²) in [7, 11) is 0. The lowest BCUT2D eigenvalue weighted by molar-refractivity contribution is 0.220. The number of likely N-dealkylation sites (tertiary alicyclic amines) is 1. The summed E-state index contributed by atoms with van der Waals surface area (Å²) in [4.78, 5) is 2.55. The van der Waals surface area contributed by atoms with Crippen LogP contribution in [0.15, 0.2) is 24.3 Å². The maximum absolute atomic E-state index is 5.76. The van der Waals surface area contributed by atoms with Crippen molar-refractivity contribution in [3.8, 4) is 5.75 Å². The number of nitrogens with zero attached hydrogens (tertiary/aromatic N) is 1. The molecule has 1 aliphatic heterocycles. The number of unbranched alkanes of at least 4 members (excludes halogenated alkanes) is 1. The van der Waals surface area contributed by atoms with Gasteiger partial charge in [-0.15, -0.1) is 0 Å². The molecule has 1 aliphatic rings. The van der Waals surface area contributed by atoms with E-state index in [9.17, 15) is 0 Å². The Bertz CT molecular complexity index is 345. The van der Waals surface area contributed by atoms with Crippen molar-refractivity contribution in [2.24, 2.45) is 0 Å². The monoisotopic (exact) mass is 247 g/mol. The molecule has 0 radical (unpaired) electrons. The molecule has 0 aliphatic carbocycles. The molecule has 0 N–H and O–H groups in total. The molecule has 1 fully saturated rings. The molecular weight excluding hydrogens is 222 g/mol. The van der Waals surface area contributed by atoms with Crippen LogP contribution in [-0.4, -0.2) is 24.6 Å². The predicted molar refractivity (Wildman–Crippen MR) is 76.0 cm³/mol. The Morgan fingerprint density at radius 2 is 2.00 bits per heavy atom. The maximum Gasteiger partial charge on any atom is 0.119 e. The normalized spacial score (nSPS) is 16.7. The fourth-order valence-corrected chi connectivity index (χ4v) is 2.44. The van der Waals surface area contributed by atoms with Crippen molar-refractivity contribution in [2.75, 3.05) is 19.7 Å². The number of benzene rings is 1. The standard InChI is InChI=1S/C16H25NO/c1-2-3-12-18-16-9-7-8-15(13-16)14-17-10-5-4-6-11-17/h7-9,13H,2-6,10-12,14H2,1H3. The zero-order valence-electron chi connectivity index (χ0n) is 11.5. The first-order valence-corrected chi connectivity index (χ1v) is 7.32. The minimum Gasteiger partial charge on any atom is -0.494 e. The van der Waals surface area contributed by atoms with Crippen LogP contribution in [0.4, 0.5) is 0 Å². The molecule has 0 unspecified atom stereocenters. The van der Waals surface area contributed by atoms with Gasteiger partial charge in [0, 0.05) is 6.54 Å². The van der Waals surface area contributed by atoms with Gasteiger partial charge in [0.15, 0.2) is 0 Å². The van der Waals surface area contributed by atoms with Crippen molar-refractivity contribution >= 4 is 0 Å². The first-order valence-electron chi connectivity index (χ1n) is 7.32. The summed E-state index contributed by atoms with van der Waals surface area (Å²) in [6.07, 6.45) is 6.43. The second-order valence-electron chi connectivity index (χ2n) is 5.19. The Kier molecular flexibility index (Phi) is 5.53. The van der Waals surface area contributed by atoms with Crippen LogP contribution >= 0.6 is 0 Å². The summed E-state index contributed by atoms with van der Waals surface area (Å²) in [5.74, 6) is 1.03. The largest absolute Gasteiger partial charge is 0.494 e. The Morgan fingerprint density at radius 1 is 1.17 bits per heavy atom. The lowest BCUT2D eigenvalue weighted by atomic mass is 10.1. The van der Waals surface area contributed by atoms with E-state index < -0.39 is 0 Å². The molecule has 18 heavy (non-hydrogen) atoms. The average molecular weight is 247 g/mol. The second kappa shape index (κ2) is 7.42. The first kappa shape index (κ1) is 13.4. The van der Waals surface area contributed by atoms with Crippen LogP contribution in [0.1, 0.15) is 44.6 Å². The maximum atomic E-state index is 5.76. The number of hydrogen-bond donors (Lipinski definition) is 0. The summed E-state index contributed by atoms with van der Waals surface area (Å²) in [6.45, 7) is 6.60. The van der Waals surface area contributed by atoms with Crippen LogP contribution in [0.3, 0.4) is 0 Å². The van der Waals surface area contributed by atoms with E-state index in [1.54, 1.807) is 0 Å². The van der Waals surface area contributed by atoms with Gasteiger partial charge in [0.05, 0.1) is 6.61 Å². The first-order chi connectivity index (χ1) is 8.88. The molecule has 0 aromatic heterocycles. The molecular formula is C16H25NO. The quantitative estimate of drug-likeness (QED) is 0.708. The SMILES string of the molecule is CCCCOc1cccc(CN2CCCCC2)c1. The van der Waals surface area contributed by atoms with Gasteiger partial charge in [-0.3, -0.25) is 4.90 Å². The summed E-state index contributed by atoms with van der Waals surface area (Å²) in [6, 6.07) is 8.58. The van der Waals surface area contributed by atoms with Gasteiger partial charge in [0.2, 0.25) is 0 Å². The lowest BCUT2D eigenvalue weighted by Gasteiger charge is -2.26. The fourth-order valence-electron chi connectivity index (χ4n) is 2.44. The minimum atomic E-state index is 0.837. The average Bonchev–Trinajstić information content (AvgIpc) is 2.41. The highest BCUT2D eigenvalue weighted by atomic mass is 16.5. The van der Waals surface area contributed by atoms with E-state index in [2.05, 4.69) is 36.1 Å². The third-order valence-electron chi connectivity index (χ3n) is 3.52. The highest BCUT2D eigenvalue weighted by Crippen LogP contribution is 2.17. The van der Waals surface area contributed by atoms with E-state index in [0.29, 0.717) is 0 Å². The molecule has 1 heterocycles. The van der Waals surface area contributed by atoms with Crippen molar-refractivity contribution in [3.05, 3.63) is 29.8 Å². The Balaban J connectivity index is 1.85. The highest BCUT2D eigenvalue weighted by Gasteiger charge is 2.10. The van der Waals surface area contributed by atoms with E-state index in [1.165, 1.54) is 44.3 Å². The zero-order valence-corrected chi connectivity index (χ0v) is 11.5. The fraction of sp³-hybridized carbons (Fsp3) is 0.625. The Morgan fingerprint density at radius 3 is 2.78 bits per heavy atom. The molecule has 1 saturated heterocycles. The van der Waals surface area contributed by atoms with Crippen LogP contribution in [0, 0.1) is 0 Å². The molecule has 0 atom stereocenters. The van der Waals surface area contributed by atoms with Crippen LogP contribution in [0.2, 0.25) is 0 Å². The van der Waals surface area contributed by atoms with Crippen molar-refractivity contribution < 1.29 is 4.74 Å². The molecule has 2 nitrogen and oxygen atoms in total. The van der Waals surface area contributed by atoms with Crippen LogP contribution in [0.5, 0.6) is 5.75 Å². The van der Waals surface area contributed by atoms with Crippen molar-refractivity contribution in [1.29, 1.82) is 0 Å². The molecule has 2 rings (SSSR count). The summed E-state index contributed by atoms with van der Waals surface area (Å²) in [5.41, 5.74) is 1.38. The highest BCUT2D eigenvalue weighted by molar-refractivity contribution is 5.28. The van der Waals surface area contributed by atoms with Gasteiger partial charge in [-0.25, -0.2) is 0 Å². The number of hydrogen-bond acceptors (Lipinski definition) is 2. The number of ether oxygens (including phenoxy) is 1. The second-order valence-corrected chi connectivity index (χ2v) is 5.19. The summed E-state index contributed by atoms with van der Waals surface area (Å²) >= 11 is 0. The van der Waals surface area contributed by atoms with E-state index in [-0.39, 0.29) is 0 Å². The van der Waals surface area contributed by atoms with E-state index in [0.717, 1.165) is 25.3 Å². The summed E-state index contributed by atoms with van der Waals surface area (Å²) < 4.78 is 5.76. The van der Waals surface area contributed by atoms with Gasteiger partial charge in [-0.1, -0.05) is 31.9 Å². The van der Waals surface area contributed by atoms with Gasteiger partial charge in [-0.2, -0.15) is 0 Å². The zero-order chi connectivity index (χ0) is 12.6. The Hall–Kier alpha value is -1.02. The van der Waals surface area contributed by atoms with Crippen LogP contribution < -0.4 is 4.74 Å². The molecule has 0 bridgehead atoms. The van der Waals surface area contributed by atoms with Gasteiger partial charge in [0.25, 0.3) is 0 Å². The molecule has 100 valence electrons. The van der Waals surface area contributed by atoms with E-state index >= 15 is 0 Å². The number of rotatable bonds is 6. The van der Waals surface area contributed by atoms with Crippen molar-refractivity contribution in [1.82, 2.24) is 4.90 Å². The molecule has 2 heteroatoms. The Labute approximate surface area is 111 Å². The lowest BCUT2D eigenvalue weighted by Crippen LogP contribution is -2.29. The predicted octanol–water partition coefficient (Wildman–Crippen LogP) is 3.85. The third-order valence-corrected chi connectivity index (χ3v) is 3.52. The van der Waals surface area contributed by atoms with Gasteiger partial charge in [0.1, 0.15) is 5.75 Å². The van der Waals surface area contributed by atoms with Gasteiger partial charge < -0.3 is 4.74 Å². The van der Waals surface area contributed by atoms with Crippen LogP contribution in [0.25, 0.3) is 0 Å². The molecule has 1 aromatic carbocycles. The summed E-state index contributed by atoms with van der Waals surface area (Å²) in [5, 5.41) is 0. The van der Waals surface area contributed by atoms with E-state index in [4.69, 9.17) is 4.74 Å². The van der Waals surface area contributed by atoms with E-state index in [1.807, 2.05) is 0 Å². The molecule has 1 aromatic rings. The molecule has 0 spiro atoms. The number of piperidine rings is 1.